The van der Waals surface area contributed by atoms with Crippen LogP contribution in [0, 0.1) is 0 Å². The first-order valence-electron chi connectivity index (χ1n) is 6.50. The highest BCUT2D eigenvalue weighted by molar-refractivity contribution is 9.10. The van der Waals surface area contributed by atoms with Crippen LogP contribution >= 0.6 is 15.9 Å². The first kappa shape index (κ1) is 14.5. The second-order valence-electron chi connectivity index (χ2n) is 4.71. The zero-order valence-corrected chi connectivity index (χ0v) is 13.2. The number of likely N-dealkylation sites (N-methyl/N-ethyl adjacent to an activating group) is 1. The second kappa shape index (κ2) is 5.73. The number of nitrogens with zero attached hydrogens (tertiary/aromatic N) is 2. The van der Waals surface area contributed by atoms with Crippen molar-refractivity contribution >= 4 is 39.2 Å². The molecule has 0 bridgehead atoms. The van der Waals surface area contributed by atoms with Gasteiger partial charge in [0.05, 0.1) is 11.3 Å². The van der Waals surface area contributed by atoms with Crippen molar-refractivity contribution in [1.29, 1.82) is 0 Å². The average Bonchev–Trinajstić information content (AvgIpc) is 2.77. The molecule has 0 saturated carbocycles. The Morgan fingerprint density at radius 1 is 1.18 bits per heavy atom. The SMILES string of the molecule is CN1C(=O)/C(=N/OC(=O)c2cccc(Br)c2)c2ccccc21. The lowest BCUT2D eigenvalue weighted by Gasteiger charge is -2.07. The number of oxime groups is 1. The van der Waals surface area contributed by atoms with Gasteiger partial charge in [-0.25, -0.2) is 4.79 Å². The molecule has 1 heterocycles. The largest absolute Gasteiger partial charge is 0.365 e. The van der Waals surface area contributed by atoms with Crippen LogP contribution in [0.15, 0.2) is 58.2 Å². The lowest BCUT2D eigenvalue weighted by Crippen LogP contribution is -2.25. The summed E-state index contributed by atoms with van der Waals surface area (Å²) in [5.41, 5.74) is 1.87. The molecule has 0 N–H and O–H groups in total. The number of carbonyl (C=O) groups excluding carboxylic acids is 2. The normalized spacial score (nSPS) is 15.1. The minimum absolute atomic E-state index is 0.126. The topological polar surface area (TPSA) is 59.0 Å². The van der Waals surface area contributed by atoms with E-state index in [9.17, 15) is 9.59 Å². The van der Waals surface area contributed by atoms with Crippen LogP contribution in [0.25, 0.3) is 0 Å². The van der Waals surface area contributed by atoms with E-state index in [1.165, 1.54) is 4.90 Å². The van der Waals surface area contributed by atoms with Crippen LogP contribution in [0.1, 0.15) is 15.9 Å². The molecule has 0 saturated heterocycles. The zero-order valence-electron chi connectivity index (χ0n) is 11.6. The number of para-hydroxylation sites is 1. The highest BCUT2D eigenvalue weighted by Crippen LogP contribution is 2.27. The fourth-order valence-electron chi connectivity index (χ4n) is 2.19. The summed E-state index contributed by atoms with van der Waals surface area (Å²) in [6.45, 7) is 0. The molecule has 22 heavy (non-hydrogen) atoms. The van der Waals surface area contributed by atoms with E-state index in [1.54, 1.807) is 43.4 Å². The van der Waals surface area contributed by atoms with E-state index in [-0.39, 0.29) is 11.6 Å². The molecule has 0 unspecified atom stereocenters. The van der Waals surface area contributed by atoms with Gasteiger partial charge in [-0.1, -0.05) is 45.4 Å². The summed E-state index contributed by atoms with van der Waals surface area (Å²) >= 11 is 3.28. The molecular formula is C16H11BrN2O3. The number of amides is 1. The van der Waals surface area contributed by atoms with E-state index in [4.69, 9.17) is 4.84 Å². The summed E-state index contributed by atoms with van der Waals surface area (Å²) in [5.74, 6) is -0.920. The number of hydrogen-bond acceptors (Lipinski definition) is 4. The molecule has 1 amide bonds. The van der Waals surface area contributed by atoms with Gasteiger partial charge in [0.25, 0.3) is 5.91 Å². The molecule has 0 aliphatic carbocycles. The highest BCUT2D eigenvalue weighted by atomic mass is 79.9. The van der Waals surface area contributed by atoms with Crippen LogP contribution in [0.5, 0.6) is 0 Å². The molecule has 2 aromatic rings. The van der Waals surface area contributed by atoms with Crippen molar-refractivity contribution in [2.24, 2.45) is 5.16 Å². The van der Waals surface area contributed by atoms with Gasteiger partial charge < -0.3 is 9.74 Å². The van der Waals surface area contributed by atoms with Gasteiger partial charge in [0.15, 0.2) is 5.71 Å². The monoisotopic (exact) mass is 358 g/mol. The van der Waals surface area contributed by atoms with Crippen molar-refractivity contribution in [3.63, 3.8) is 0 Å². The molecule has 1 aliphatic rings. The van der Waals surface area contributed by atoms with Crippen molar-refractivity contribution in [3.05, 3.63) is 64.1 Å². The Kier molecular flexibility index (Phi) is 3.77. The van der Waals surface area contributed by atoms with E-state index in [2.05, 4.69) is 21.1 Å². The molecule has 110 valence electrons. The summed E-state index contributed by atoms with van der Waals surface area (Å²) in [7, 11) is 1.65. The molecule has 2 aromatic carbocycles. The van der Waals surface area contributed by atoms with E-state index in [0.29, 0.717) is 11.1 Å². The minimum Gasteiger partial charge on any atom is -0.312 e. The van der Waals surface area contributed by atoms with Gasteiger partial charge in [0, 0.05) is 17.1 Å². The molecule has 6 heteroatoms. The van der Waals surface area contributed by atoms with E-state index >= 15 is 0 Å². The molecule has 0 radical (unpaired) electrons. The molecule has 1 aliphatic heterocycles. The van der Waals surface area contributed by atoms with Gasteiger partial charge in [-0.3, -0.25) is 4.79 Å². The van der Waals surface area contributed by atoms with Crippen LogP contribution < -0.4 is 4.90 Å². The fraction of sp³-hybridized carbons (Fsp3) is 0.0625. The Morgan fingerprint density at radius 3 is 2.73 bits per heavy atom. The molecule has 0 spiro atoms. The fourth-order valence-corrected chi connectivity index (χ4v) is 2.59. The number of benzene rings is 2. The van der Waals surface area contributed by atoms with Gasteiger partial charge in [-0.15, -0.1) is 0 Å². The number of fused-ring (bicyclic) bond motifs is 1. The number of rotatable bonds is 2. The summed E-state index contributed by atoms with van der Waals surface area (Å²) in [6.07, 6.45) is 0. The van der Waals surface area contributed by atoms with Crippen LogP contribution in [-0.4, -0.2) is 24.6 Å². The van der Waals surface area contributed by atoms with Crippen LogP contribution in [0.2, 0.25) is 0 Å². The van der Waals surface area contributed by atoms with E-state index in [0.717, 1.165) is 10.2 Å². The molecule has 0 atom stereocenters. The summed E-state index contributed by atoms with van der Waals surface area (Å²) in [6, 6.07) is 14.0. The molecule has 5 nitrogen and oxygen atoms in total. The Morgan fingerprint density at radius 2 is 1.95 bits per heavy atom. The van der Waals surface area contributed by atoms with Crippen molar-refractivity contribution in [3.8, 4) is 0 Å². The van der Waals surface area contributed by atoms with Crippen molar-refractivity contribution in [2.45, 2.75) is 0 Å². The maximum Gasteiger partial charge on any atom is 0.365 e. The quantitative estimate of drug-likeness (QED) is 0.612. The lowest BCUT2D eigenvalue weighted by atomic mass is 10.1. The third kappa shape index (κ3) is 2.53. The van der Waals surface area contributed by atoms with Gasteiger partial charge in [0.2, 0.25) is 0 Å². The Bertz CT molecular complexity index is 801. The summed E-state index contributed by atoms with van der Waals surface area (Å²) < 4.78 is 0.761. The number of carbonyl (C=O) groups is 2. The number of anilines is 1. The Labute approximate surface area is 135 Å². The molecular weight excluding hydrogens is 348 g/mol. The second-order valence-corrected chi connectivity index (χ2v) is 5.63. The van der Waals surface area contributed by atoms with Gasteiger partial charge in [-0.2, -0.15) is 0 Å². The van der Waals surface area contributed by atoms with Crippen molar-refractivity contribution in [1.82, 2.24) is 0 Å². The third-order valence-corrected chi connectivity index (χ3v) is 3.80. The van der Waals surface area contributed by atoms with E-state index in [1.807, 2.05) is 12.1 Å². The van der Waals surface area contributed by atoms with Crippen molar-refractivity contribution in [2.75, 3.05) is 11.9 Å². The van der Waals surface area contributed by atoms with Crippen LogP contribution in [0.3, 0.4) is 0 Å². The lowest BCUT2D eigenvalue weighted by molar-refractivity contribution is -0.112. The predicted octanol–water partition coefficient (Wildman–Crippen LogP) is 2.99. The minimum atomic E-state index is -0.617. The van der Waals surface area contributed by atoms with Gasteiger partial charge in [-0.05, 0) is 24.3 Å². The Balaban J connectivity index is 1.87. The maximum absolute atomic E-state index is 12.2. The smallest absolute Gasteiger partial charge is 0.312 e. The highest BCUT2D eigenvalue weighted by Gasteiger charge is 2.32. The molecule has 0 fully saturated rings. The maximum atomic E-state index is 12.2. The van der Waals surface area contributed by atoms with E-state index < -0.39 is 5.97 Å². The summed E-state index contributed by atoms with van der Waals surface area (Å²) in [5, 5.41) is 3.76. The van der Waals surface area contributed by atoms with Crippen molar-refractivity contribution < 1.29 is 14.4 Å². The first-order valence-corrected chi connectivity index (χ1v) is 7.29. The zero-order chi connectivity index (χ0) is 15.7. The predicted molar refractivity (Wildman–Crippen MR) is 85.9 cm³/mol. The summed E-state index contributed by atoms with van der Waals surface area (Å²) in [4.78, 5) is 30.5. The molecule has 0 aromatic heterocycles. The van der Waals surface area contributed by atoms with Crippen LogP contribution in [-0.2, 0) is 9.63 Å². The first-order chi connectivity index (χ1) is 10.6. The van der Waals surface area contributed by atoms with Crippen LogP contribution in [0.4, 0.5) is 5.69 Å². The number of halogens is 1. The number of hydrogen-bond donors (Lipinski definition) is 0. The Hall–Kier alpha value is -2.47. The average molecular weight is 359 g/mol. The van der Waals surface area contributed by atoms with Gasteiger partial charge >= 0.3 is 5.97 Å². The third-order valence-electron chi connectivity index (χ3n) is 3.31. The standard InChI is InChI=1S/C16H11BrN2O3/c1-19-13-8-3-2-7-12(13)14(15(19)20)18-22-16(21)10-5-4-6-11(17)9-10/h2-9H,1H3/b18-14+. The molecule has 3 rings (SSSR count). The van der Waals surface area contributed by atoms with Gasteiger partial charge in [0.1, 0.15) is 0 Å².